The van der Waals surface area contributed by atoms with Crippen molar-refractivity contribution in [2.75, 3.05) is 13.1 Å². The molecule has 0 aliphatic rings. The third kappa shape index (κ3) is 3.07. The molecule has 1 aromatic rings. The number of aromatic hydroxyl groups is 2. The van der Waals surface area contributed by atoms with Crippen LogP contribution in [0.1, 0.15) is 37.0 Å². The molecule has 1 rings (SSSR count). The maximum atomic E-state index is 12.3. The molecule has 0 unspecified atom stereocenters. The molecule has 0 fully saturated rings. The van der Waals surface area contributed by atoms with Crippen LogP contribution in [0.4, 0.5) is 0 Å². The highest BCUT2D eigenvalue weighted by atomic mass is 35.5. The average Bonchev–Trinajstić information content (AvgIpc) is 2.35. The quantitative estimate of drug-likeness (QED) is 0.810. The highest BCUT2D eigenvalue weighted by Gasteiger charge is 2.20. The van der Waals surface area contributed by atoms with Crippen LogP contribution in [-0.4, -0.2) is 34.1 Å². The molecule has 2 N–H and O–H groups in total. The number of amides is 1. The first-order valence-corrected chi connectivity index (χ1v) is 6.40. The Hall–Kier alpha value is -1.42. The molecule has 0 aliphatic heterocycles. The van der Waals surface area contributed by atoms with Crippen molar-refractivity contribution in [2.24, 2.45) is 0 Å². The minimum Gasteiger partial charge on any atom is -0.504 e. The van der Waals surface area contributed by atoms with E-state index in [0.29, 0.717) is 13.1 Å². The van der Waals surface area contributed by atoms with Gasteiger partial charge in [0.25, 0.3) is 5.91 Å². The van der Waals surface area contributed by atoms with Crippen LogP contribution in [0.5, 0.6) is 11.5 Å². The van der Waals surface area contributed by atoms with E-state index in [9.17, 15) is 15.0 Å². The molecule has 1 aromatic carbocycles. The van der Waals surface area contributed by atoms with Crippen LogP contribution < -0.4 is 0 Å². The van der Waals surface area contributed by atoms with Crippen LogP contribution in [0, 0.1) is 0 Å². The van der Waals surface area contributed by atoms with Crippen LogP contribution in [-0.2, 0) is 0 Å². The summed E-state index contributed by atoms with van der Waals surface area (Å²) >= 11 is 5.88. The first-order valence-electron chi connectivity index (χ1n) is 6.02. The smallest absolute Gasteiger partial charge is 0.255 e. The second kappa shape index (κ2) is 6.50. The summed E-state index contributed by atoms with van der Waals surface area (Å²) in [6.07, 6.45) is 1.71. The fourth-order valence-corrected chi connectivity index (χ4v) is 1.99. The van der Waals surface area contributed by atoms with Gasteiger partial charge in [-0.05, 0) is 25.0 Å². The lowest BCUT2D eigenvalue weighted by molar-refractivity contribution is 0.0755. The van der Waals surface area contributed by atoms with Crippen molar-refractivity contribution in [1.82, 2.24) is 4.90 Å². The maximum absolute atomic E-state index is 12.3. The van der Waals surface area contributed by atoms with Gasteiger partial charge in [-0.3, -0.25) is 4.79 Å². The van der Waals surface area contributed by atoms with E-state index in [-0.39, 0.29) is 22.2 Å². The summed E-state index contributed by atoms with van der Waals surface area (Å²) in [6, 6.07) is 2.70. The molecule has 0 radical (unpaired) electrons. The van der Waals surface area contributed by atoms with Gasteiger partial charge in [0.05, 0.1) is 10.6 Å². The van der Waals surface area contributed by atoms with Crippen molar-refractivity contribution in [3.05, 3.63) is 22.7 Å². The lowest BCUT2D eigenvalue weighted by atomic mass is 10.1. The normalized spacial score (nSPS) is 10.4. The lowest BCUT2D eigenvalue weighted by Crippen LogP contribution is -2.32. The van der Waals surface area contributed by atoms with Crippen molar-refractivity contribution in [1.29, 1.82) is 0 Å². The van der Waals surface area contributed by atoms with Gasteiger partial charge in [0.1, 0.15) is 0 Å². The molecule has 1 amide bonds. The van der Waals surface area contributed by atoms with Crippen molar-refractivity contribution in [3.63, 3.8) is 0 Å². The van der Waals surface area contributed by atoms with Crippen LogP contribution in [0.15, 0.2) is 12.1 Å². The predicted molar refractivity (Wildman–Crippen MR) is 71.3 cm³/mol. The highest BCUT2D eigenvalue weighted by Crippen LogP contribution is 2.35. The Morgan fingerprint density at radius 3 is 2.28 bits per heavy atom. The third-order valence-corrected chi connectivity index (χ3v) is 2.98. The topological polar surface area (TPSA) is 60.8 Å². The molecular formula is C13H18ClNO3. The van der Waals surface area contributed by atoms with Crippen LogP contribution >= 0.6 is 11.6 Å². The number of hydrogen-bond acceptors (Lipinski definition) is 3. The number of benzene rings is 1. The summed E-state index contributed by atoms with van der Waals surface area (Å²) in [5.41, 5.74) is 0.217. The van der Waals surface area contributed by atoms with Gasteiger partial charge >= 0.3 is 0 Å². The van der Waals surface area contributed by atoms with Gasteiger partial charge in [0.15, 0.2) is 11.5 Å². The molecule has 0 spiro atoms. The fraction of sp³-hybridized carbons (Fsp3) is 0.462. The minimum atomic E-state index is -0.449. The maximum Gasteiger partial charge on any atom is 0.255 e. The molecule has 100 valence electrons. The Kier molecular flexibility index (Phi) is 5.28. The second-order valence-electron chi connectivity index (χ2n) is 4.09. The molecule has 0 heterocycles. The summed E-state index contributed by atoms with van der Waals surface area (Å²) in [4.78, 5) is 13.9. The zero-order chi connectivity index (χ0) is 13.7. The second-order valence-corrected chi connectivity index (χ2v) is 4.47. The number of nitrogens with zero attached hydrogens (tertiary/aromatic N) is 1. The Morgan fingerprint density at radius 2 is 1.78 bits per heavy atom. The SMILES string of the molecule is CCCN(CCC)C(=O)c1ccc(O)c(O)c1Cl. The third-order valence-electron chi connectivity index (χ3n) is 2.60. The summed E-state index contributed by atoms with van der Waals surface area (Å²) < 4.78 is 0. The average molecular weight is 272 g/mol. The van der Waals surface area contributed by atoms with E-state index in [1.54, 1.807) is 4.90 Å². The Morgan fingerprint density at radius 1 is 1.22 bits per heavy atom. The summed E-state index contributed by atoms with van der Waals surface area (Å²) in [5.74, 6) is -0.997. The largest absolute Gasteiger partial charge is 0.504 e. The molecule has 0 atom stereocenters. The van der Waals surface area contributed by atoms with Crippen LogP contribution in [0.25, 0.3) is 0 Å². The van der Waals surface area contributed by atoms with Crippen molar-refractivity contribution < 1.29 is 15.0 Å². The number of halogens is 1. The molecule has 0 saturated heterocycles. The zero-order valence-electron chi connectivity index (χ0n) is 10.6. The Balaban J connectivity index is 3.05. The molecular weight excluding hydrogens is 254 g/mol. The summed E-state index contributed by atoms with van der Waals surface area (Å²) in [6.45, 7) is 5.27. The number of hydrogen-bond donors (Lipinski definition) is 2. The number of phenolic OH excluding ortho intramolecular Hbond substituents is 2. The first kappa shape index (κ1) is 14.6. The van der Waals surface area contributed by atoms with E-state index in [4.69, 9.17) is 11.6 Å². The zero-order valence-corrected chi connectivity index (χ0v) is 11.4. The predicted octanol–water partition coefficient (Wildman–Crippen LogP) is 3.01. The molecule has 0 bridgehead atoms. The fourth-order valence-electron chi connectivity index (χ4n) is 1.74. The lowest BCUT2D eigenvalue weighted by Gasteiger charge is -2.22. The van der Waals surface area contributed by atoms with E-state index in [1.807, 2.05) is 13.8 Å². The van der Waals surface area contributed by atoms with Gasteiger partial charge < -0.3 is 15.1 Å². The monoisotopic (exact) mass is 271 g/mol. The summed E-state index contributed by atoms with van der Waals surface area (Å²) in [5, 5.41) is 18.7. The van der Waals surface area contributed by atoms with E-state index in [0.717, 1.165) is 12.8 Å². The van der Waals surface area contributed by atoms with Gasteiger partial charge in [-0.15, -0.1) is 0 Å². The van der Waals surface area contributed by atoms with Crippen molar-refractivity contribution in [2.45, 2.75) is 26.7 Å². The van der Waals surface area contributed by atoms with Crippen molar-refractivity contribution in [3.8, 4) is 11.5 Å². The number of rotatable bonds is 5. The van der Waals surface area contributed by atoms with Gasteiger partial charge in [-0.25, -0.2) is 0 Å². The standard InChI is InChI=1S/C13H18ClNO3/c1-3-7-15(8-4-2)13(18)9-5-6-10(16)12(17)11(9)14/h5-6,16-17H,3-4,7-8H2,1-2H3. The minimum absolute atomic E-state index is 0.0998. The van der Waals surface area contributed by atoms with Gasteiger partial charge in [0.2, 0.25) is 0 Å². The number of carbonyl (C=O) groups excluding carboxylic acids is 1. The van der Waals surface area contributed by atoms with E-state index >= 15 is 0 Å². The number of carbonyl (C=O) groups is 1. The molecule has 0 aromatic heterocycles. The molecule has 0 aliphatic carbocycles. The molecule has 0 saturated carbocycles. The highest BCUT2D eigenvalue weighted by molar-refractivity contribution is 6.35. The van der Waals surface area contributed by atoms with E-state index in [2.05, 4.69) is 0 Å². The summed E-state index contributed by atoms with van der Waals surface area (Å²) in [7, 11) is 0. The van der Waals surface area contributed by atoms with Gasteiger partial charge in [-0.2, -0.15) is 0 Å². The Labute approximate surface area is 112 Å². The molecule has 18 heavy (non-hydrogen) atoms. The van der Waals surface area contributed by atoms with Crippen LogP contribution in [0.2, 0.25) is 5.02 Å². The van der Waals surface area contributed by atoms with Crippen LogP contribution in [0.3, 0.4) is 0 Å². The first-order chi connectivity index (χ1) is 8.52. The van der Waals surface area contributed by atoms with Crippen molar-refractivity contribution >= 4 is 17.5 Å². The number of phenols is 2. The van der Waals surface area contributed by atoms with Gasteiger partial charge in [-0.1, -0.05) is 25.4 Å². The Bertz CT molecular complexity index is 428. The molecule has 5 heteroatoms. The van der Waals surface area contributed by atoms with E-state index < -0.39 is 5.75 Å². The van der Waals surface area contributed by atoms with Gasteiger partial charge in [0, 0.05) is 13.1 Å². The molecule has 4 nitrogen and oxygen atoms in total. The van der Waals surface area contributed by atoms with E-state index in [1.165, 1.54) is 12.1 Å².